The van der Waals surface area contributed by atoms with Crippen LogP contribution in [-0.4, -0.2) is 20.6 Å². The summed E-state index contributed by atoms with van der Waals surface area (Å²) in [5.41, 5.74) is 4.07. The van der Waals surface area contributed by atoms with Crippen LogP contribution in [0, 0.1) is 0 Å². The van der Waals surface area contributed by atoms with E-state index in [9.17, 15) is 0 Å². The largest absolute Gasteiger partial charge is 0.385 e. The summed E-state index contributed by atoms with van der Waals surface area (Å²) in [6, 6.07) is 6.70. The normalized spacial score (nSPS) is 15.3. The molecule has 2 heteroatoms. The fourth-order valence-electron chi connectivity index (χ4n) is 1.89. The molecule has 1 N–H and O–H groups in total. The van der Waals surface area contributed by atoms with E-state index in [0.29, 0.717) is 0 Å². The van der Waals surface area contributed by atoms with Crippen molar-refractivity contribution in [2.45, 2.75) is 19.3 Å². The zero-order chi connectivity index (χ0) is 9.97. The van der Waals surface area contributed by atoms with Gasteiger partial charge in [0.2, 0.25) is 0 Å². The summed E-state index contributed by atoms with van der Waals surface area (Å²) in [5.74, 6) is 0. The molecule has 1 aromatic carbocycles. The third kappa shape index (κ3) is 1.84. The van der Waals surface area contributed by atoms with Crippen LogP contribution in [0.5, 0.6) is 0 Å². The van der Waals surface area contributed by atoms with Crippen LogP contribution < -0.4 is 10.2 Å². The van der Waals surface area contributed by atoms with Crippen LogP contribution in [0.2, 0.25) is 0 Å². The van der Waals surface area contributed by atoms with Gasteiger partial charge in [0, 0.05) is 32.0 Å². The van der Waals surface area contributed by atoms with Crippen molar-refractivity contribution in [1.82, 2.24) is 0 Å². The van der Waals surface area contributed by atoms with Gasteiger partial charge in [-0.3, -0.25) is 0 Å². The van der Waals surface area contributed by atoms with Gasteiger partial charge in [0.05, 0.1) is 0 Å². The Morgan fingerprint density at radius 2 is 2.07 bits per heavy atom. The van der Waals surface area contributed by atoms with Gasteiger partial charge in [-0.1, -0.05) is 6.07 Å². The Hall–Kier alpha value is -1.18. The van der Waals surface area contributed by atoms with Gasteiger partial charge >= 0.3 is 0 Å². The molecule has 0 amide bonds. The molecule has 0 radical (unpaired) electrons. The Morgan fingerprint density at radius 1 is 1.21 bits per heavy atom. The number of anilines is 2. The zero-order valence-corrected chi connectivity index (χ0v) is 9.01. The number of nitrogens with one attached hydrogen (secondary N) is 1. The third-order valence-corrected chi connectivity index (χ3v) is 2.80. The van der Waals surface area contributed by atoms with E-state index in [1.165, 1.54) is 36.2 Å². The average molecular weight is 190 g/mol. The van der Waals surface area contributed by atoms with Crippen LogP contribution >= 0.6 is 0 Å². The third-order valence-electron chi connectivity index (χ3n) is 2.80. The van der Waals surface area contributed by atoms with E-state index in [1.54, 1.807) is 0 Å². The van der Waals surface area contributed by atoms with Gasteiger partial charge < -0.3 is 10.2 Å². The van der Waals surface area contributed by atoms with Gasteiger partial charge in [-0.05, 0) is 37.0 Å². The standard InChI is InChI=1S/C12H18N2/c1-14(2)11-7-6-10-5-3-4-8-13-12(10)9-11/h6-7,9,13H,3-5,8H2,1-2H3. The summed E-state index contributed by atoms with van der Waals surface area (Å²) in [7, 11) is 4.16. The van der Waals surface area contributed by atoms with Crippen molar-refractivity contribution >= 4 is 11.4 Å². The highest BCUT2D eigenvalue weighted by molar-refractivity contribution is 5.62. The highest BCUT2D eigenvalue weighted by Crippen LogP contribution is 2.25. The number of hydrogen-bond donors (Lipinski definition) is 1. The van der Waals surface area contributed by atoms with Crippen LogP contribution in [-0.2, 0) is 6.42 Å². The first-order chi connectivity index (χ1) is 6.77. The number of nitrogens with zero attached hydrogens (tertiary/aromatic N) is 1. The second kappa shape index (κ2) is 3.91. The van der Waals surface area contributed by atoms with E-state index in [-0.39, 0.29) is 0 Å². The summed E-state index contributed by atoms with van der Waals surface area (Å²) in [5, 5.41) is 3.49. The minimum atomic E-state index is 1.11. The fourth-order valence-corrected chi connectivity index (χ4v) is 1.89. The minimum Gasteiger partial charge on any atom is -0.385 e. The number of fused-ring (bicyclic) bond motifs is 1. The van der Waals surface area contributed by atoms with E-state index >= 15 is 0 Å². The lowest BCUT2D eigenvalue weighted by Crippen LogP contribution is -2.09. The number of rotatable bonds is 1. The highest BCUT2D eigenvalue weighted by atomic mass is 15.1. The molecule has 0 aliphatic carbocycles. The summed E-state index contributed by atoms with van der Waals surface area (Å²) >= 11 is 0. The Bertz CT molecular complexity index is 318. The van der Waals surface area contributed by atoms with Gasteiger partial charge in [0.25, 0.3) is 0 Å². The summed E-state index contributed by atoms with van der Waals surface area (Å²) in [4.78, 5) is 2.15. The maximum absolute atomic E-state index is 3.49. The Morgan fingerprint density at radius 3 is 2.86 bits per heavy atom. The first-order valence-electron chi connectivity index (χ1n) is 5.31. The molecule has 0 unspecified atom stereocenters. The monoisotopic (exact) mass is 190 g/mol. The fraction of sp³-hybridized carbons (Fsp3) is 0.500. The van der Waals surface area contributed by atoms with Gasteiger partial charge in [-0.15, -0.1) is 0 Å². The SMILES string of the molecule is CN(C)c1ccc2c(c1)NCCCC2. The maximum atomic E-state index is 3.49. The Labute approximate surface area is 85.9 Å². The van der Waals surface area contributed by atoms with E-state index in [1.807, 2.05) is 0 Å². The maximum Gasteiger partial charge on any atom is 0.0393 e. The first-order valence-corrected chi connectivity index (χ1v) is 5.31. The average Bonchev–Trinajstić information content (AvgIpc) is 2.41. The summed E-state index contributed by atoms with van der Waals surface area (Å²) < 4.78 is 0. The van der Waals surface area contributed by atoms with Crippen molar-refractivity contribution in [3.8, 4) is 0 Å². The van der Waals surface area contributed by atoms with Crippen molar-refractivity contribution in [3.63, 3.8) is 0 Å². The zero-order valence-electron chi connectivity index (χ0n) is 9.01. The molecule has 0 saturated heterocycles. The van der Waals surface area contributed by atoms with Crippen molar-refractivity contribution < 1.29 is 0 Å². The molecule has 1 aliphatic heterocycles. The molecule has 0 atom stereocenters. The Balaban J connectivity index is 2.32. The summed E-state index contributed by atoms with van der Waals surface area (Å²) in [6.45, 7) is 1.11. The van der Waals surface area contributed by atoms with E-state index in [4.69, 9.17) is 0 Å². The van der Waals surface area contributed by atoms with Gasteiger partial charge in [0.1, 0.15) is 0 Å². The molecule has 14 heavy (non-hydrogen) atoms. The van der Waals surface area contributed by atoms with Gasteiger partial charge in [0.15, 0.2) is 0 Å². The lowest BCUT2D eigenvalue weighted by atomic mass is 10.1. The van der Waals surface area contributed by atoms with Crippen molar-refractivity contribution in [1.29, 1.82) is 0 Å². The second-order valence-electron chi connectivity index (χ2n) is 4.12. The van der Waals surface area contributed by atoms with E-state index in [2.05, 4.69) is 42.5 Å². The van der Waals surface area contributed by atoms with E-state index in [0.717, 1.165) is 6.54 Å². The van der Waals surface area contributed by atoms with Crippen LogP contribution in [0.25, 0.3) is 0 Å². The van der Waals surface area contributed by atoms with E-state index < -0.39 is 0 Å². The molecular formula is C12H18N2. The lowest BCUT2D eigenvalue weighted by Gasteiger charge is -2.15. The molecule has 76 valence electrons. The van der Waals surface area contributed by atoms with Crippen LogP contribution in [0.15, 0.2) is 18.2 Å². The molecule has 2 nitrogen and oxygen atoms in total. The molecule has 0 spiro atoms. The molecule has 2 rings (SSSR count). The predicted octanol–water partition coefficient (Wildman–Crippen LogP) is 2.50. The minimum absolute atomic E-state index is 1.11. The molecule has 1 aromatic rings. The lowest BCUT2D eigenvalue weighted by molar-refractivity contribution is 0.785. The van der Waals surface area contributed by atoms with Gasteiger partial charge in [-0.25, -0.2) is 0 Å². The first kappa shape index (κ1) is 9.38. The van der Waals surface area contributed by atoms with Gasteiger partial charge in [-0.2, -0.15) is 0 Å². The molecular weight excluding hydrogens is 172 g/mol. The van der Waals surface area contributed by atoms with Crippen molar-refractivity contribution in [2.24, 2.45) is 0 Å². The number of aryl methyl sites for hydroxylation is 1. The molecule has 0 aromatic heterocycles. The molecule has 0 fully saturated rings. The Kier molecular flexibility index (Phi) is 2.62. The predicted molar refractivity (Wildman–Crippen MR) is 62.2 cm³/mol. The second-order valence-corrected chi connectivity index (χ2v) is 4.12. The number of benzene rings is 1. The molecule has 1 aliphatic rings. The molecule has 0 saturated carbocycles. The topological polar surface area (TPSA) is 15.3 Å². The molecule has 0 bridgehead atoms. The smallest absolute Gasteiger partial charge is 0.0393 e. The number of hydrogen-bond acceptors (Lipinski definition) is 2. The molecule has 1 heterocycles. The summed E-state index contributed by atoms with van der Waals surface area (Å²) in [6.07, 6.45) is 3.81. The van der Waals surface area contributed by atoms with Crippen LogP contribution in [0.1, 0.15) is 18.4 Å². The van der Waals surface area contributed by atoms with Crippen LogP contribution in [0.3, 0.4) is 0 Å². The van der Waals surface area contributed by atoms with Crippen molar-refractivity contribution in [3.05, 3.63) is 23.8 Å². The quantitative estimate of drug-likeness (QED) is 0.732. The highest BCUT2D eigenvalue weighted by Gasteiger charge is 2.07. The van der Waals surface area contributed by atoms with Crippen LogP contribution in [0.4, 0.5) is 11.4 Å². The van der Waals surface area contributed by atoms with Crippen molar-refractivity contribution in [2.75, 3.05) is 30.9 Å².